The fourth-order valence-corrected chi connectivity index (χ4v) is 2.92. The Balaban J connectivity index is 1.64. The molecule has 0 saturated heterocycles. The molecule has 2 aromatic carbocycles. The van der Waals surface area contributed by atoms with Crippen LogP contribution < -0.4 is 19.5 Å². The summed E-state index contributed by atoms with van der Waals surface area (Å²) in [5.41, 5.74) is 1.80. The number of amides is 1. The lowest BCUT2D eigenvalue weighted by atomic mass is 10.1. The average Bonchev–Trinajstić information content (AvgIpc) is 2.81. The molecule has 0 aliphatic rings. The van der Waals surface area contributed by atoms with E-state index in [-0.39, 0.29) is 11.7 Å². The van der Waals surface area contributed by atoms with E-state index in [1.807, 2.05) is 30.3 Å². The van der Waals surface area contributed by atoms with Crippen LogP contribution in [-0.2, 0) is 6.61 Å². The van der Waals surface area contributed by atoms with Gasteiger partial charge in [0.25, 0.3) is 5.91 Å². The van der Waals surface area contributed by atoms with E-state index in [1.54, 1.807) is 25.1 Å². The first-order valence-electron chi connectivity index (χ1n) is 10.1. The molecule has 0 radical (unpaired) electrons. The van der Waals surface area contributed by atoms with Crippen molar-refractivity contribution in [2.24, 2.45) is 0 Å². The highest BCUT2D eigenvalue weighted by molar-refractivity contribution is 5.95. The zero-order chi connectivity index (χ0) is 23.8. The Bertz CT molecular complexity index is 1060. The van der Waals surface area contributed by atoms with Gasteiger partial charge in [-0.3, -0.25) is 9.78 Å². The van der Waals surface area contributed by atoms with Gasteiger partial charge >= 0.3 is 6.18 Å². The van der Waals surface area contributed by atoms with Crippen molar-refractivity contribution in [2.45, 2.75) is 25.7 Å². The molecule has 1 heterocycles. The fourth-order valence-electron chi connectivity index (χ4n) is 2.92. The number of carbonyl (C=O) groups is 1. The minimum absolute atomic E-state index is 0.00929. The number of halogens is 3. The Hall–Kier alpha value is -3.75. The van der Waals surface area contributed by atoms with Crippen LogP contribution >= 0.6 is 0 Å². The Morgan fingerprint density at radius 3 is 2.42 bits per heavy atom. The van der Waals surface area contributed by atoms with Gasteiger partial charge in [-0.25, -0.2) is 0 Å². The van der Waals surface area contributed by atoms with Crippen LogP contribution in [0.4, 0.5) is 13.2 Å². The summed E-state index contributed by atoms with van der Waals surface area (Å²) in [5, 5.41) is 2.81. The number of hydrogen-bond acceptors (Lipinski definition) is 5. The van der Waals surface area contributed by atoms with Gasteiger partial charge in [-0.15, -0.1) is 0 Å². The molecule has 0 fully saturated rings. The van der Waals surface area contributed by atoms with E-state index in [0.717, 1.165) is 5.56 Å². The number of alkyl halides is 3. The maximum Gasteiger partial charge on any atom is 0.422 e. The maximum absolute atomic E-state index is 12.7. The van der Waals surface area contributed by atoms with Crippen LogP contribution in [0.5, 0.6) is 17.2 Å². The minimum Gasteiger partial charge on any atom is -0.493 e. The standard InChI is InChI=1S/C24H23F3N2O4/c1-16(20-10-9-19(13-28-20)33-15-24(25,26)27)29-23(30)18-8-11-21(31-2)22(12-18)32-14-17-6-4-3-5-7-17/h3-13,16H,14-15H2,1-2H3,(H,29,30). The molecule has 174 valence electrons. The lowest BCUT2D eigenvalue weighted by molar-refractivity contribution is -0.153. The van der Waals surface area contributed by atoms with Crippen LogP contribution in [0.2, 0.25) is 0 Å². The number of pyridine rings is 1. The van der Waals surface area contributed by atoms with E-state index in [4.69, 9.17) is 9.47 Å². The predicted octanol–water partition coefficient (Wildman–Crippen LogP) is 5.10. The smallest absolute Gasteiger partial charge is 0.422 e. The largest absolute Gasteiger partial charge is 0.493 e. The van der Waals surface area contributed by atoms with E-state index >= 15 is 0 Å². The monoisotopic (exact) mass is 460 g/mol. The summed E-state index contributed by atoms with van der Waals surface area (Å²) < 4.78 is 52.6. The number of aromatic nitrogens is 1. The number of methoxy groups -OCH3 is 1. The number of nitrogens with zero attached hydrogens (tertiary/aromatic N) is 1. The maximum atomic E-state index is 12.7. The van der Waals surface area contributed by atoms with Crippen LogP contribution in [0.25, 0.3) is 0 Å². The minimum atomic E-state index is -4.43. The summed E-state index contributed by atoms with van der Waals surface area (Å²) in [5.74, 6) is 0.538. The van der Waals surface area contributed by atoms with Crippen LogP contribution in [0.15, 0.2) is 66.9 Å². The van der Waals surface area contributed by atoms with E-state index in [9.17, 15) is 18.0 Å². The van der Waals surface area contributed by atoms with E-state index in [0.29, 0.717) is 29.4 Å². The molecule has 9 heteroatoms. The van der Waals surface area contributed by atoms with E-state index in [1.165, 1.54) is 25.4 Å². The number of hydrogen-bond donors (Lipinski definition) is 1. The van der Waals surface area contributed by atoms with Gasteiger partial charge in [-0.1, -0.05) is 30.3 Å². The lowest BCUT2D eigenvalue weighted by Crippen LogP contribution is -2.27. The van der Waals surface area contributed by atoms with Crippen molar-refractivity contribution in [3.8, 4) is 17.2 Å². The Morgan fingerprint density at radius 1 is 1.03 bits per heavy atom. The molecular weight excluding hydrogens is 437 g/mol. The molecule has 3 aromatic rings. The third kappa shape index (κ3) is 7.13. The van der Waals surface area contributed by atoms with Crippen molar-refractivity contribution in [1.82, 2.24) is 10.3 Å². The predicted molar refractivity (Wildman–Crippen MR) is 115 cm³/mol. The summed E-state index contributed by atoms with van der Waals surface area (Å²) in [7, 11) is 1.51. The SMILES string of the molecule is COc1ccc(C(=O)NC(C)c2ccc(OCC(F)(F)F)cn2)cc1OCc1ccccc1. The van der Waals surface area contributed by atoms with Gasteiger partial charge < -0.3 is 19.5 Å². The van der Waals surface area contributed by atoms with Gasteiger partial charge in [0, 0.05) is 5.56 Å². The Kier molecular flexibility index (Phi) is 7.76. The highest BCUT2D eigenvalue weighted by atomic mass is 19.4. The summed E-state index contributed by atoms with van der Waals surface area (Å²) in [6, 6.07) is 16.8. The second-order valence-electron chi connectivity index (χ2n) is 7.16. The van der Waals surface area contributed by atoms with Crippen molar-refractivity contribution in [1.29, 1.82) is 0 Å². The third-order valence-corrected chi connectivity index (χ3v) is 4.62. The van der Waals surface area contributed by atoms with Crippen LogP contribution in [0, 0.1) is 0 Å². The molecule has 1 atom stereocenters. The Morgan fingerprint density at radius 2 is 1.79 bits per heavy atom. The quantitative estimate of drug-likeness (QED) is 0.481. The van der Waals surface area contributed by atoms with Crippen molar-refractivity contribution in [3.63, 3.8) is 0 Å². The number of rotatable bonds is 9. The average molecular weight is 460 g/mol. The normalized spacial score (nSPS) is 12.0. The van der Waals surface area contributed by atoms with Gasteiger partial charge in [0.1, 0.15) is 12.4 Å². The van der Waals surface area contributed by atoms with Crippen molar-refractivity contribution in [2.75, 3.05) is 13.7 Å². The zero-order valence-corrected chi connectivity index (χ0v) is 18.1. The van der Waals surface area contributed by atoms with E-state index in [2.05, 4.69) is 15.0 Å². The zero-order valence-electron chi connectivity index (χ0n) is 18.1. The molecule has 0 saturated carbocycles. The molecule has 1 N–H and O–H groups in total. The fraction of sp³-hybridized carbons (Fsp3) is 0.250. The van der Waals surface area contributed by atoms with Gasteiger partial charge in [0.05, 0.1) is 25.0 Å². The van der Waals surface area contributed by atoms with Crippen molar-refractivity contribution >= 4 is 5.91 Å². The third-order valence-electron chi connectivity index (χ3n) is 4.62. The highest BCUT2D eigenvalue weighted by Crippen LogP contribution is 2.29. The summed E-state index contributed by atoms with van der Waals surface area (Å²) in [4.78, 5) is 16.8. The lowest BCUT2D eigenvalue weighted by Gasteiger charge is -2.16. The van der Waals surface area contributed by atoms with Crippen LogP contribution in [0.1, 0.15) is 34.6 Å². The molecule has 0 spiro atoms. The highest BCUT2D eigenvalue weighted by Gasteiger charge is 2.28. The topological polar surface area (TPSA) is 69.7 Å². The first-order valence-corrected chi connectivity index (χ1v) is 10.1. The first-order chi connectivity index (χ1) is 15.7. The van der Waals surface area contributed by atoms with Crippen LogP contribution in [0.3, 0.4) is 0 Å². The molecule has 1 unspecified atom stereocenters. The second-order valence-corrected chi connectivity index (χ2v) is 7.16. The molecule has 1 aromatic heterocycles. The molecule has 0 aliphatic carbocycles. The molecule has 0 bridgehead atoms. The first kappa shape index (κ1) is 23.9. The van der Waals surface area contributed by atoms with E-state index < -0.39 is 18.8 Å². The molecule has 3 rings (SSSR count). The van der Waals surface area contributed by atoms with Crippen LogP contribution in [-0.4, -0.2) is 30.8 Å². The van der Waals surface area contributed by atoms with Gasteiger partial charge in [0.15, 0.2) is 18.1 Å². The van der Waals surface area contributed by atoms with Crippen molar-refractivity contribution in [3.05, 3.63) is 83.7 Å². The molecule has 0 aliphatic heterocycles. The number of nitrogens with one attached hydrogen (secondary N) is 1. The number of carbonyl (C=O) groups excluding carboxylic acids is 1. The van der Waals surface area contributed by atoms with Crippen molar-refractivity contribution < 1.29 is 32.2 Å². The Labute approximate surface area is 189 Å². The number of benzene rings is 2. The summed E-state index contributed by atoms with van der Waals surface area (Å²) >= 11 is 0. The summed E-state index contributed by atoms with van der Waals surface area (Å²) in [6.07, 6.45) is -3.24. The van der Waals surface area contributed by atoms with Gasteiger partial charge in [-0.05, 0) is 42.8 Å². The number of ether oxygens (including phenoxy) is 3. The molecule has 6 nitrogen and oxygen atoms in total. The summed E-state index contributed by atoms with van der Waals surface area (Å²) in [6.45, 7) is 0.630. The van der Waals surface area contributed by atoms with Gasteiger partial charge in [-0.2, -0.15) is 13.2 Å². The molecule has 33 heavy (non-hydrogen) atoms. The van der Waals surface area contributed by atoms with Gasteiger partial charge in [0.2, 0.25) is 0 Å². The molecule has 1 amide bonds. The second kappa shape index (κ2) is 10.7. The molecular formula is C24H23F3N2O4.